The first-order chi connectivity index (χ1) is 16.8. The maximum atomic E-state index is 10.1. The van der Waals surface area contributed by atoms with Crippen LogP contribution in [-0.4, -0.2) is 9.55 Å². The second-order valence-corrected chi connectivity index (χ2v) is 8.45. The van der Waals surface area contributed by atoms with Crippen molar-refractivity contribution in [2.24, 2.45) is 0 Å². The van der Waals surface area contributed by atoms with Gasteiger partial charge in [-0.3, -0.25) is 4.98 Å². The summed E-state index contributed by atoms with van der Waals surface area (Å²) in [5.74, 6) is 0. The van der Waals surface area contributed by atoms with Crippen LogP contribution < -0.4 is 0 Å². The highest BCUT2D eigenvalue weighted by atomic mass is 15.0. The molecule has 0 aliphatic rings. The van der Waals surface area contributed by atoms with Crippen molar-refractivity contribution < 1.29 is 0 Å². The lowest BCUT2D eigenvalue weighted by Crippen LogP contribution is -2.00. The Morgan fingerprint density at radius 3 is 2.21 bits per heavy atom. The van der Waals surface area contributed by atoms with E-state index in [1.165, 1.54) is 21.9 Å². The topological polar surface area (TPSA) is 41.6 Å². The van der Waals surface area contributed by atoms with Gasteiger partial charge in [0.15, 0.2) is 0 Å². The zero-order chi connectivity index (χ0) is 23.1. The van der Waals surface area contributed by atoms with E-state index in [0.717, 1.165) is 33.4 Å². The lowest BCUT2D eigenvalue weighted by Gasteiger charge is -2.16. The molecule has 4 aromatic carbocycles. The van der Waals surface area contributed by atoms with Gasteiger partial charge in [0.25, 0.3) is 0 Å². The van der Waals surface area contributed by atoms with Gasteiger partial charge in [0.1, 0.15) is 0 Å². The molecule has 0 saturated carbocycles. The zero-order valence-electron chi connectivity index (χ0n) is 18.7. The molecule has 34 heavy (non-hydrogen) atoms. The summed E-state index contributed by atoms with van der Waals surface area (Å²) in [6, 6.07) is 35.9. The number of aromatic nitrogens is 2. The smallest absolute Gasteiger partial charge is 0.0998 e. The SMILES string of the molecule is Cc1cc(-c2ccncc2)c(C#N)cc1-n1c2ccccc2c2cccc(-c3ccccc3)c21. The van der Waals surface area contributed by atoms with E-state index in [4.69, 9.17) is 0 Å². The van der Waals surface area contributed by atoms with Gasteiger partial charge in [0, 0.05) is 28.7 Å². The van der Waals surface area contributed by atoms with Crippen LogP contribution in [0.15, 0.2) is 109 Å². The number of hydrogen-bond donors (Lipinski definition) is 0. The fourth-order valence-electron chi connectivity index (χ4n) is 4.92. The van der Waals surface area contributed by atoms with E-state index in [2.05, 4.69) is 95.3 Å². The quantitative estimate of drug-likeness (QED) is 0.286. The first-order valence-corrected chi connectivity index (χ1v) is 11.3. The zero-order valence-corrected chi connectivity index (χ0v) is 18.7. The Morgan fingerprint density at radius 1 is 0.706 bits per heavy atom. The van der Waals surface area contributed by atoms with Crippen LogP contribution in [0.5, 0.6) is 0 Å². The minimum Gasteiger partial charge on any atom is -0.308 e. The molecule has 160 valence electrons. The summed E-state index contributed by atoms with van der Waals surface area (Å²) in [7, 11) is 0. The van der Waals surface area contributed by atoms with Crippen molar-refractivity contribution in [3.8, 4) is 34.0 Å². The highest BCUT2D eigenvalue weighted by Crippen LogP contribution is 2.39. The van der Waals surface area contributed by atoms with Crippen molar-refractivity contribution in [3.05, 3.63) is 121 Å². The standard InChI is InChI=1S/C31H21N3/c1-21-18-28(23-14-16-33-17-15-23)24(20-32)19-30(21)34-29-13-6-5-10-26(29)27-12-7-11-25(31(27)34)22-8-3-2-4-9-22/h2-19H,1H3. The molecule has 0 aliphatic heterocycles. The molecule has 0 aliphatic carbocycles. The van der Waals surface area contributed by atoms with E-state index >= 15 is 0 Å². The Hall–Kier alpha value is -4.68. The molecular formula is C31H21N3. The fraction of sp³-hybridized carbons (Fsp3) is 0.0323. The lowest BCUT2D eigenvalue weighted by molar-refractivity contribution is 1.15. The molecule has 2 heterocycles. The predicted octanol–water partition coefficient (Wildman–Crippen LogP) is 7.69. The van der Waals surface area contributed by atoms with Gasteiger partial charge in [-0.15, -0.1) is 0 Å². The van der Waals surface area contributed by atoms with E-state index in [-0.39, 0.29) is 0 Å². The van der Waals surface area contributed by atoms with E-state index in [1.54, 1.807) is 12.4 Å². The van der Waals surface area contributed by atoms with Crippen LogP contribution >= 0.6 is 0 Å². The maximum absolute atomic E-state index is 10.1. The van der Waals surface area contributed by atoms with Gasteiger partial charge in [0.2, 0.25) is 0 Å². The third-order valence-corrected chi connectivity index (χ3v) is 6.47. The summed E-state index contributed by atoms with van der Waals surface area (Å²) in [6.45, 7) is 2.12. The number of benzene rings is 4. The number of aryl methyl sites for hydroxylation is 1. The van der Waals surface area contributed by atoms with Gasteiger partial charge in [-0.25, -0.2) is 0 Å². The molecule has 2 aromatic heterocycles. The first kappa shape index (κ1) is 20.0. The third-order valence-electron chi connectivity index (χ3n) is 6.47. The fourth-order valence-corrected chi connectivity index (χ4v) is 4.92. The second kappa shape index (κ2) is 8.03. The number of para-hydroxylation sites is 2. The number of hydrogen-bond acceptors (Lipinski definition) is 2. The maximum Gasteiger partial charge on any atom is 0.0998 e. The molecule has 3 nitrogen and oxygen atoms in total. The van der Waals surface area contributed by atoms with Gasteiger partial charge < -0.3 is 4.57 Å². The van der Waals surface area contributed by atoms with Crippen LogP contribution in [0.3, 0.4) is 0 Å². The van der Waals surface area contributed by atoms with Crippen molar-refractivity contribution in [2.45, 2.75) is 6.92 Å². The molecule has 0 bridgehead atoms. The van der Waals surface area contributed by atoms with E-state index in [9.17, 15) is 5.26 Å². The van der Waals surface area contributed by atoms with Gasteiger partial charge in [-0.2, -0.15) is 5.26 Å². The highest BCUT2D eigenvalue weighted by Gasteiger charge is 2.19. The van der Waals surface area contributed by atoms with Gasteiger partial charge >= 0.3 is 0 Å². The molecule has 0 N–H and O–H groups in total. The number of fused-ring (bicyclic) bond motifs is 3. The molecular weight excluding hydrogens is 414 g/mol. The number of rotatable bonds is 3. The van der Waals surface area contributed by atoms with E-state index in [1.807, 2.05) is 24.3 Å². The molecule has 3 heteroatoms. The Balaban J connectivity index is 1.72. The molecule has 0 unspecified atom stereocenters. The van der Waals surface area contributed by atoms with Crippen LogP contribution in [0.25, 0.3) is 49.7 Å². The van der Waals surface area contributed by atoms with Crippen LogP contribution in [0, 0.1) is 18.3 Å². The molecule has 0 radical (unpaired) electrons. The summed E-state index contributed by atoms with van der Waals surface area (Å²) >= 11 is 0. The first-order valence-electron chi connectivity index (χ1n) is 11.3. The average molecular weight is 436 g/mol. The lowest BCUT2D eigenvalue weighted by atomic mass is 9.97. The van der Waals surface area contributed by atoms with E-state index < -0.39 is 0 Å². The summed E-state index contributed by atoms with van der Waals surface area (Å²) in [5.41, 5.74) is 9.32. The number of nitrogens with zero attached hydrogens (tertiary/aromatic N) is 3. The number of pyridine rings is 1. The van der Waals surface area contributed by atoms with Crippen LogP contribution in [0.2, 0.25) is 0 Å². The molecule has 0 fully saturated rings. The van der Waals surface area contributed by atoms with Crippen molar-refractivity contribution in [1.29, 1.82) is 5.26 Å². The summed E-state index contributed by atoms with van der Waals surface area (Å²) in [6.07, 6.45) is 3.53. The van der Waals surface area contributed by atoms with Crippen LogP contribution in [0.4, 0.5) is 0 Å². The molecule has 6 rings (SSSR count). The van der Waals surface area contributed by atoms with Crippen molar-refractivity contribution >= 4 is 21.8 Å². The Labute approximate surface area is 198 Å². The van der Waals surface area contributed by atoms with Crippen molar-refractivity contribution in [2.75, 3.05) is 0 Å². The molecule has 0 atom stereocenters. The summed E-state index contributed by atoms with van der Waals surface area (Å²) in [5, 5.41) is 12.5. The third kappa shape index (κ3) is 3.09. The van der Waals surface area contributed by atoms with Gasteiger partial charge in [-0.1, -0.05) is 66.7 Å². The highest BCUT2D eigenvalue weighted by molar-refractivity contribution is 6.13. The molecule has 0 saturated heterocycles. The largest absolute Gasteiger partial charge is 0.308 e. The average Bonchev–Trinajstić information content (AvgIpc) is 3.24. The predicted molar refractivity (Wildman–Crippen MR) is 139 cm³/mol. The Kier molecular flexibility index (Phi) is 4.71. The van der Waals surface area contributed by atoms with Gasteiger partial charge in [0.05, 0.1) is 28.4 Å². The number of nitriles is 1. The molecule has 0 amide bonds. The minimum absolute atomic E-state index is 0.648. The minimum atomic E-state index is 0.648. The van der Waals surface area contributed by atoms with E-state index in [0.29, 0.717) is 5.56 Å². The van der Waals surface area contributed by atoms with Crippen molar-refractivity contribution in [1.82, 2.24) is 9.55 Å². The van der Waals surface area contributed by atoms with Gasteiger partial charge in [-0.05, 0) is 59.5 Å². The van der Waals surface area contributed by atoms with Crippen LogP contribution in [0.1, 0.15) is 11.1 Å². The Morgan fingerprint density at radius 2 is 1.41 bits per heavy atom. The molecule has 6 aromatic rings. The summed E-state index contributed by atoms with van der Waals surface area (Å²) in [4.78, 5) is 4.13. The second-order valence-electron chi connectivity index (χ2n) is 8.45. The monoisotopic (exact) mass is 435 g/mol. The van der Waals surface area contributed by atoms with Crippen molar-refractivity contribution in [3.63, 3.8) is 0 Å². The Bertz CT molecular complexity index is 1710. The summed E-state index contributed by atoms with van der Waals surface area (Å²) < 4.78 is 2.32. The normalized spacial score (nSPS) is 11.1. The molecule has 0 spiro atoms. The van der Waals surface area contributed by atoms with Crippen LogP contribution in [-0.2, 0) is 0 Å².